The van der Waals surface area contributed by atoms with E-state index in [1.165, 1.54) is 7.05 Å². The number of ether oxygens (including phenoxy) is 3. The first-order valence-electron chi connectivity index (χ1n) is 27.6. The van der Waals surface area contributed by atoms with Crippen molar-refractivity contribution in [3.8, 4) is 0 Å². The number of methoxy groups -OCH3 is 2. The average molecular weight is 1090 g/mol. The van der Waals surface area contributed by atoms with E-state index in [1.54, 1.807) is 71.2 Å². The van der Waals surface area contributed by atoms with Gasteiger partial charge in [0.25, 0.3) is 0 Å². The van der Waals surface area contributed by atoms with E-state index in [1.807, 2.05) is 51.1 Å². The fourth-order valence-electron chi connectivity index (χ4n) is 9.85. The van der Waals surface area contributed by atoms with E-state index in [9.17, 15) is 38.4 Å². The lowest BCUT2D eigenvalue weighted by Crippen LogP contribution is -2.58. The zero-order valence-corrected chi connectivity index (χ0v) is 48.4. The van der Waals surface area contributed by atoms with Crippen molar-refractivity contribution in [1.29, 1.82) is 0 Å². The second-order valence-electron chi connectivity index (χ2n) is 21.2. The summed E-state index contributed by atoms with van der Waals surface area (Å²) in [6, 6.07) is 12.7. The normalized spacial score (nSPS) is 16.6. The van der Waals surface area contributed by atoms with Gasteiger partial charge in [0.05, 0.1) is 24.2 Å². The van der Waals surface area contributed by atoms with Crippen LogP contribution in [-0.4, -0.2) is 166 Å². The van der Waals surface area contributed by atoms with E-state index in [-0.39, 0.29) is 98.2 Å². The lowest BCUT2D eigenvalue weighted by Gasteiger charge is -2.41. The molecule has 3 rings (SSSR count). The fourth-order valence-corrected chi connectivity index (χ4v) is 9.85. The number of urea groups is 1. The van der Waals surface area contributed by atoms with Crippen molar-refractivity contribution in [2.24, 2.45) is 29.4 Å². The van der Waals surface area contributed by atoms with Gasteiger partial charge in [-0.05, 0) is 86.1 Å². The molecule has 0 aliphatic carbocycles. The molecule has 1 heterocycles. The number of primary amides is 1. The summed E-state index contributed by atoms with van der Waals surface area (Å²) in [5, 5.41) is 16.7. The smallest absolute Gasteiger partial charge is 0.410 e. The van der Waals surface area contributed by atoms with E-state index in [2.05, 4.69) is 50.6 Å². The Morgan fingerprint density at radius 2 is 1.40 bits per heavy atom. The Hall–Kier alpha value is -6.32. The second-order valence-corrected chi connectivity index (χ2v) is 21.2. The maximum absolute atomic E-state index is 14.5. The molecule has 78 heavy (non-hydrogen) atoms. The van der Waals surface area contributed by atoms with E-state index in [0.29, 0.717) is 37.2 Å². The number of amides is 9. The summed E-state index contributed by atoms with van der Waals surface area (Å²) in [5.41, 5.74) is 7.31. The topological polar surface area (TPSA) is 272 Å². The molecule has 9 unspecified atom stereocenters. The number of benzene rings is 2. The SMILES string of the molecule is CCC(=O)NC(C(=O)NC(CCCNC(N)=O)C(=O)Nc1ccc(COC(=O)N(C)CC(=O)NC(C(=O)N(C)C(C(C)CC)C(CCN2CCCC2C(OC)C(C)C(=O)NCCc2ccccc2)OC)C(C)C)cc1)C(C)C. The maximum Gasteiger partial charge on any atom is 0.410 e. The van der Waals surface area contributed by atoms with Gasteiger partial charge >= 0.3 is 12.1 Å². The van der Waals surface area contributed by atoms with E-state index in [0.717, 1.165) is 42.7 Å². The summed E-state index contributed by atoms with van der Waals surface area (Å²) >= 11 is 0. The number of anilines is 1. The van der Waals surface area contributed by atoms with Crippen molar-refractivity contribution < 1.29 is 52.6 Å². The Bertz CT molecular complexity index is 2220. The molecule has 21 heteroatoms. The van der Waals surface area contributed by atoms with Gasteiger partial charge in [-0.25, -0.2) is 9.59 Å². The average Bonchev–Trinajstić information content (AvgIpc) is 3.89. The van der Waals surface area contributed by atoms with Crippen LogP contribution in [0.3, 0.4) is 0 Å². The van der Waals surface area contributed by atoms with E-state index < -0.39 is 48.0 Å². The van der Waals surface area contributed by atoms with Crippen LogP contribution in [0.2, 0.25) is 0 Å². The third kappa shape index (κ3) is 21.1. The van der Waals surface area contributed by atoms with Gasteiger partial charge in [0.2, 0.25) is 35.4 Å². The first kappa shape index (κ1) is 66.0. The quantitative estimate of drug-likeness (QED) is 0.0485. The predicted octanol–water partition coefficient (Wildman–Crippen LogP) is 4.57. The molecule has 9 atom stereocenters. The first-order chi connectivity index (χ1) is 37.1. The molecule has 1 saturated heterocycles. The highest BCUT2D eigenvalue weighted by atomic mass is 16.6. The van der Waals surface area contributed by atoms with Crippen LogP contribution in [0.5, 0.6) is 0 Å². The third-order valence-corrected chi connectivity index (χ3v) is 14.6. The molecule has 0 saturated carbocycles. The number of carbonyl (C=O) groups is 8. The molecule has 2 aromatic rings. The monoisotopic (exact) mass is 1090 g/mol. The van der Waals surface area contributed by atoms with Gasteiger partial charge in [-0.2, -0.15) is 0 Å². The van der Waals surface area contributed by atoms with Crippen LogP contribution in [0.4, 0.5) is 15.3 Å². The van der Waals surface area contributed by atoms with Gasteiger partial charge in [-0.3, -0.25) is 33.7 Å². The molecule has 0 radical (unpaired) electrons. The molecule has 436 valence electrons. The minimum absolute atomic E-state index is 0.0286. The van der Waals surface area contributed by atoms with Crippen LogP contribution < -0.4 is 37.6 Å². The Kier molecular flexibility index (Phi) is 28.6. The molecule has 21 nitrogen and oxygen atoms in total. The standard InChI is InChI=1S/C57H92N10O11/c1-13-38(7)50(45(76-11)29-33-67-32-19-23-44(67)51(77-12)39(8)52(70)59-31-28-40-20-16-15-17-21-40)66(10)55(73)49(37(5)6)64-47(69)34-65(9)57(75)78-35-41-24-26-42(27-25-41)61-53(71)43(22-18-30-60-56(58)74)62-54(72)48(36(3)4)63-46(68)14-2/h15-17,20-21,24-27,36-39,43-45,48-51H,13-14,18-19,22-23,28-35H2,1-12H3,(H,59,70)(H,61,71)(H,62,72)(H,63,68)(H,64,69)(H3,58,60,74). The number of likely N-dealkylation sites (N-methyl/N-ethyl adjacent to an activating group) is 2. The molecule has 1 aliphatic rings. The number of carbonyl (C=O) groups excluding carboxylic acids is 8. The first-order valence-corrected chi connectivity index (χ1v) is 27.6. The predicted molar refractivity (Wildman–Crippen MR) is 300 cm³/mol. The molecule has 2 aromatic carbocycles. The summed E-state index contributed by atoms with van der Waals surface area (Å²) < 4.78 is 17.7. The van der Waals surface area contributed by atoms with Gasteiger partial charge < -0.3 is 61.6 Å². The zero-order chi connectivity index (χ0) is 58.1. The van der Waals surface area contributed by atoms with Gasteiger partial charge in [-0.1, -0.05) is 104 Å². The molecule has 1 aliphatic heterocycles. The number of hydrogen-bond acceptors (Lipinski definition) is 12. The van der Waals surface area contributed by atoms with Gasteiger partial charge in [0.15, 0.2) is 0 Å². The minimum Gasteiger partial charge on any atom is -0.445 e. The van der Waals surface area contributed by atoms with Crippen molar-refractivity contribution in [1.82, 2.24) is 41.3 Å². The largest absolute Gasteiger partial charge is 0.445 e. The van der Waals surface area contributed by atoms with Crippen LogP contribution >= 0.6 is 0 Å². The number of nitrogens with two attached hydrogens (primary N) is 1. The summed E-state index contributed by atoms with van der Waals surface area (Å²) in [7, 11) is 6.50. The minimum atomic E-state index is -1.02. The van der Waals surface area contributed by atoms with Gasteiger partial charge in [-0.15, -0.1) is 0 Å². The van der Waals surface area contributed by atoms with Crippen molar-refractivity contribution in [3.05, 3.63) is 65.7 Å². The second kappa shape index (κ2) is 33.9. The number of rotatable bonds is 33. The number of nitrogens with zero attached hydrogens (tertiary/aromatic N) is 3. The number of likely N-dealkylation sites (tertiary alicyclic amines) is 1. The van der Waals surface area contributed by atoms with Crippen LogP contribution in [0.1, 0.15) is 111 Å². The van der Waals surface area contributed by atoms with Crippen molar-refractivity contribution in [2.75, 3.05) is 66.4 Å². The summed E-state index contributed by atoms with van der Waals surface area (Å²) in [6.07, 6.45) is 3.20. The van der Waals surface area contributed by atoms with Crippen molar-refractivity contribution >= 4 is 53.3 Å². The fraction of sp³-hybridized carbons (Fsp3) is 0.649. The summed E-state index contributed by atoms with van der Waals surface area (Å²) in [6.45, 7) is 16.7. The van der Waals surface area contributed by atoms with Crippen LogP contribution in [0.25, 0.3) is 0 Å². The van der Waals surface area contributed by atoms with Crippen molar-refractivity contribution in [2.45, 2.75) is 156 Å². The number of hydrogen-bond donors (Lipinski definition) is 7. The highest BCUT2D eigenvalue weighted by Gasteiger charge is 2.40. The summed E-state index contributed by atoms with van der Waals surface area (Å²) in [5.74, 6) is -3.13. The summed E-state index contributed by atoms with van der Waals surface area (Å²) in [4.78, 5) is 110. The molecule has 9 amide bonds. The maximum atomic E-state index is 14.5. The number of nitrogens with one attached hydrogen (secondary N) is 6. The lowest BCUT2D eigenvalue weighted by atomic mass is 9.89. The van der Waals surface area contributed by atoms with Gasteiger partial charge in [0.1, 0.15) is 31.3 Å². The van der Waals surface area contributed by atoms with E-state index in [4.69, 9.17) is 19.9 Å². The van der Waals surface area contributed by atoms with Crippen molar-refractivity contribution in [3.63, 3.8) is 0 Å². The van der Waals surface area contributed by atoms with Crippen LogP contribution in [0.15, 0.2) is 54.6 Å². The molecule has 0 aromatic heterocycles. The zero-order valence-electron chi connectivity index (χ0n) is 48.4. The third-order valence-electron chi connectivity index (χ3n) is 14.6. The Balaban J connectivity index is 1.59. The Labute approximate surface area is 462 Å². The molecule has 8 N–H and O–H groups in total. The van der Waals surface area contributed by atoms with E-state index >= 15 is 0 Å². The molecule has 0 bridgehead atoms. The molecule has 0 spiro atoms. The lowest BCUT2D eigenvalue weighted by molar-refractivity contribution is -0.142. The molecule has 1 fully saturated rings. The molecular weight excluding hydrogens is 1000 g/mol. The Morgan fingerprint density at radius 3 is 1.99 bits per heavy atom. The van der Waals surface area contributed by atoms with Gasteiger partial charge in [0, 0.05) is 66.1 Å². The molecular formula is C57H92N10O11. The van der Waals surface area contributed by atoms with Crippen LogP contribution in [-0.2, 0) is 56.0 Å². The Morgan fingerprint density at radius 1 is 0.744 bits per heavy atom. The highest BCUT2D eigenvalue weighted by Crippen LogP contribution is 2.29. The van der Waals surface area contributed by atoms with Crippen LogP contribution in [0, 0.1) is 23.7 Å². The highest BCUT2D eigenvalue weighted by molar-refractivity contribution is 5.98.